The number of thiazole rings is 1. The molecule has 0 radical (unpaired) electrons. The molecular formula is C17H27N3OS. The summed E-state index contributed by atoms with van der Waals surface area (Å²) in [4.78, 5) is 11.2. The Bertz CT molecular complexity index is 500. The van der Waals surface area contributed by atoms with Crippen LogP contribution in [0.4, 0.5) is 0 Å². The van der Waals surface area contributed by atoms with Gasteiger partial charge in [-0.15, -0.1) is 11.3 Å². The minimum absolute atomic E-state index is 0.477. The molecule has 0 aromatic carbocycles. The van der Waals surface area contributed by atoms with E-state index in [4.69, 9.17) is 4.74 Å². The molecule has 3 aliphatic heterocycles. The van der Waals surface area contributed by atoms with E-state index < -0.39 is 0 Å². The quantitative estimate of drug-likeness (QED) is 0.855. The molecule has 0 unspecified atom stereocenters. The molecule has 3 aliphatic rings. The lowest BCUT2D eigenvalue weighted by Gasteiger charge is -2.48. The van der Waals surface area contributed by atoms with E-state index in [0.29, 0.717) is 12.1 Å². The van der Waals surface area contributed by atoms with E-state index in [2.05, 4.69) is 21.7 Å². The van der Waals surface area contributed by atoms with Crippen LogP contribution in [0.2, 0.25) is 0 Å². The van der Waals surface area contributed by atoms with Gasteiger partial charge in [0.25, 0.3) is 0 Å². The first-order chi connectivity index (χ1) is 10.8. The highest BCUT2D eigenvalue weighted by Gasteiger charge is 2.42. The van der Waals surface area contributed by atoms with E-state index in [-0.39, 0.29) is 0 Å². The standard InChI is InChI=1S/C17H27N3OS/c1-13-16(22-12-18-13)11-19-9-14-5-4-8-21-17(14)15(10-19)20-6-2-3-7-20/h12,14-15,17H,2-11H2,1H3/t14-,15+,17-/m0/s1. The third-order valence-corrected chi connectivity index (χ3v) is 6.55. The minimum Gasteiger partial charge on any atom is -0.376 e. The van der Waals surface area contributed by atoms with Crippen LogP contribution in [-0.4, -0.2) is 59.7 Å². The van der Waals surface area contributed by atoms with E-state index >= 15 is 0 Å². The first-order valence-corrected chi connectivity index (χ1v) is 9.66. The minimum atomic E-state index is 0.477. The molecule has 4 rings (SSSR count). The molecule has 3 atom stereocenters. The highest BCUT2D eigenvalue weighted by atomic mass is 32.1. The lowest BCUT2D eigenvalue weighted by Crippen LogP contribution is -2.60. The molecule has 3 saturated heterocycles. The van der Waals surface area contributed by atoms with Crippen molar-refractivity contribution in [1.29, 1.82) is 0 Å². The number of piperidine rings is 1. The van der Waals surface area contributed by atoms with Crippen LogP contribution in [0.5, 0.6) is 0 Å². The van der Waals surface area contributed by atoms with Crippen molar-refractivity contribution < 1.29 is 4.74 Å². The maximum absolute atomic E-state index is 6.24. The van der Waals surface area contributed by atoms with Crippen LogP contribution in [0.15, 0.2) is 5.51 Å². The van der Waals surface area contributed by atoms with Crippen LogP contribution in [-0.2, 0) is 11.3 Å². The van der Waals surface area contributed by atoms with Crippen molar-refractivity contribution in [2.45, 2.75) is 51.3 Å². The fourth-order valence-corrected chi connectivity index (χ4v) is 5.29. The molecular weight excluding hydrogens is 294 g/mol. The predicted octanol–water partition coefficient (Wildman–Crippen LogP) is 2.53. The van der Waals surface area contributed by atoms with Gasteiger partial charge in [0.1, 0.15) is 0 Å². The van der Waals surface area contributed by atoms with Gasteiger partial charge < -0.3 is 4.74 Å². The summed E-state index contributed by atoms with van der Waals surface area (Å²) >= 11 is 1.81. The molecule has 0 saturated carbocycles. The summed E-state index contributed by atoms with van der Waals surface area (Å²) in [5, 5.41) is 0. The molecule has 1 aromatic rings. The SMILES string of the molecule is Cc1ncsc1CN1C[C@@H]2CCCO[C@@H]2[C@H](N2CCCC2)C1. The smallest absolute Gasteiger partial charge is 0.0798 e. The lowest BCUT2D eigenvalue weighted by atomic mass is 9.84. The summed E-state index contributed by atoms with van der Waals surface area (Å²) in [7, 11) is 0. The monoisotopic (exact) mass is 321 g/mol. The van der Waals surface area contributed by atoms with Gasteiger partial charge in [0.2, 0.25) is 0 Å². The molecule has 22 heavy (non-hydrogen) atoms. The van der Waals surface area contributed by atoms with Crippen LogP contribution < -0.4 is 0 Å². The average molecular weight is 321 g/mol. The van der Waals surface area contributed by atoms with Gasteiger partial charge in [-0.25, -0.2) is 4.98 Å². The summed E-state index contributed by atoms with van der Waals surface area (Å²) in [6, 6.07) is 0.606. The van der Waals surface area contributed by atoms with E-state index in [0.717, 1.165) is 19.1 Å². The molecule has 122 valence electrons. The largest absolute Gasteiger partial charge is 0.376 e. The summed E-state index contributed by atoms with van der Waals surface area (Å²) in [5.74, 6) is 0.723. The summed E-state index contributed by atoms with van der Waals surface area (Å²) in [6.07, 6.45) is 5.78. The van der Waals surface area contributed by atoms with E-state index in [1.165, 1.54) is 62.4 Å². The van der Waals surface area contributed by atoms with Crippen molar-refractivity contribution in [2.75, 3.05) is 32.8 Å². The van der Waals surface area contributed by atoms with Crippen molar-refractivity contribution >= 4 is 11.3 Å². The van der Waals surface area contributed by atoms with Gasteiger partial charge in [0.15, 0.2) is 0 Å². The first-order valence-electron chi connectivity index (χ1n) is 8.78. The number of nitrogens with zero attached hydrogens (tertiary/aromatic N) is 3. The van der Waals surface area contributed by atoms with Crippen molar-refractivity contribution in [3.63, 3.8) is 0 Å². The zero-order valence-corrected chi connectivity index (χ0v) is 14.4. The van der Waals surface area contributed by atoms with Gasteiger partial charge >= 0.3 is 0 Å². The van der Waals surface area contributed by atoms with Gasteiger partial charge in [-0.05, 0) is 51.6 Å². The first kappa shape index (κ1) is 15.1. The fourth-order valence-electron chi connectivity index (χ4n) is 4.47. The van der Waals surface area contributed by atoms with Gasteiger partial charge in [-0.1, -0.05) is 0 Å². The molecule has 0 N–H and O–H groups in total. The van der Waals surface area contributed by atoms with Crippen LogP contribution in [0.25, 0.3) is 0 Å². The molecule has 0 aliphatic carbocycles. The van der Waals surface area contributed by atoms with Crippen molar-refractivity contribution in [1.82, 2.24) is 14.8 Å². The third kappa shape index (κ3) is 2.96. The number of hydrogen-bond acceptors (Lipinski definition) is 5. The molecule has 5 heteroatoms. The normalized spacial score (nSPS) is 34.0. The second-order valence-corrected chi connectivity index (χ2v) is 8.04. The third-order valence-electron chi connectivity index (χ3n) is 5.63. The topological polar surface area (TPSA) is 28.6 Å². The average Bonchev–Trinajstić information content (AvgIpc) is 3.19. The summed E-state index contributed by atoms with van der Waals surface area (Å²) in [5.41, 5.74) is 3.20. The molecule has 0 amide bonds. The van der Waals surface area contributed by atoms with Crippen molar-refractivity contribution in [3.8, 4) is 0 Å². The highest BCUT2D eigenvalue weighted by molar-refractivity contribution is 7.09. The zero-order valence-electron chi connectivity index (χ0n) is 13.5. The zero-order chi connectivity index (χ0) is 14.9. The molecule has 0 spiro atoms. The van der Waals surface area contributed by atoms with Crippen molar-refractivity contribution in [2.24, 2.45) is 5.92 Å². The second kappa shape index (κ2) is 6.56. The number of likely N-dealkylation sites (tertiary alicyclic amines) is 2. The number of aryl methyl sites for hydroxylation is 1. The summed E-state index contributed by atoms with van der Waals surface area (Å²) < 4.78 is 6.24. The molecule has 4 heterocycles. The number of ether oxygens (including phenoxy) is 1. The van der Waals surface area contributed by atoms with Crippen LogP contribution in [0, 0.1) is 12.8 Å². The van der Waals surface area contributed by atoms with Crippen LogP contribution >= 0.6 is 11.3 Å². The number of hydrogen-bond donors (Lipinski definition) is 0. The highest BCUT2D eigenvalue weighted by Crippen LogP contribution is 2.33. The Labute approximate surface area is 137 Å². The van der Waals surface area contributed by atoms with Crippen LogP contribution in [0.3, 0.4) is 0 Å². The predicted molar refractivity (Wildman–Crippen MR) is 89.2 cm³/mol. The summed E-state index contributed by atoms with van der Waals surface area (Å²) in [6.45, 7) is 9.09. The Morgan fingerprint density at radius 1 is 1.27 bits per heavy atom. The molecule has 4 nitrogen and oxygen atoms in total. The van der Waals surface area contributed by atoms with E-state index in [1.54, 1.807) is 0 Å². The lowest BCUT2D eigenvalue weighted by molar-refractivity contribution is -0.112. The van der Waals surface area contributed by atoms with E-state index in [9.17, 15) is 0 Å². The Morgan fingerprint density at radius 3 is 2.91 bits per heavy atom. The molecule has 0 bridgehead atoms. The van der Waals surface area contributed by atoms with Gasteiger partial charge in [0, 0.05) is 37.2 Å². The molecule has 3 fully saturated rings. The maximum atomic E-state index is 6.24. The Kier molecular flexibility index (Phi) is 4.49. The fraction of sp³-hybridized carbons (Fsp3) is 0.824. The Hall–Kier alpha value is -0.490. The number of fused-ring (bicyclic) bond motifs is 1. The van der Waals surface area contributed by atoms with E-state index in [1.807, 2.05) is 16.8 Å². The molecule has 1 aromatic heterocycles. The maximum Gasteiger partial charge on any atom is 0.0798 e. The van der Waals surface area contributed by atoms with Crippen molar-refractivity contribution in [3.05, 3.63) is 16.1 Å². The van der Waals surface area contributed by atoms with Crippen LogP contribution in [0.1, 0.15) is 36.3 Å². The number of rotatable bonds is 3. The number of aromatic nitrogens is 1. The Balaban J connectivity index is 1.50. The van der Waals surface area contributed by atoms with Gasteiger partial charge in [-0.2, -0.15) is 0 Å². The Morgan fingerprint density at radius 2 is 2.14 bits per heavy atom. The second-order valence-electron chi connectivity index (χ2n) is 7.10. The van der Waals surface area contributed by atoms with Gasteiger partial charge in [-0.3, -0.25) is 9.80 Å². The van der Waals surface area contributed by atoms with Gasteiger partial charge in [0.05, 0.1) is 17.3 Å².